The van der Waals surface area contributed by atoms with Gasteiger partial charge in [-0.15, -0.1) is 0 Å². The molecule has 62 valence electrons. The first kappa shape index (κ1) is 7.21. The molecule has 1 aromatic rings. The molecule has 0 aliphatic carbocycles. The molecule has 0 radical (unpaired) electrons. The quantitative estimate of drug-likeness (QED) is 0.569. The second-order valence-electron chi connectivity index (χ2n) is 2.72. The van der Waals surface area contributed by atoms with Crippen LogP contribution < -0.4 is 4.90 Å². The average molecular weight is 166 g/mol. The lowest BCUT2D eigenvalue weighted by molar-refractivity contribution is -0.117. The topological polar surface area (TPSA) is 33.2 Å². The van der Waals surface area contributed by atoms with E-state index in [4.69, 9.17) is 0 Å². The summed E-state index contributed by atoms with van der Waals surface area (Å²) in [6.07, 6.45) is 1.49. The Kier molecular flexibility index (Phi) is 1.36. The second kappa shape index (κ2) is 2.27. The molecule has 12 heavy (non-hydrogen) atoms. The smallest absolute Gasteiger partial charge is 0.232 e. The molecule has 1 amide bonds. The summed E-state index contributed by atoms with van der Waals surface area (Å²) in [7, 11) is 1.60. The minimum Gasteiger partial charge on any atom is -0.299 e. The summed E-state index contributed by atoms with van der Waals surface area (Å²) >= 11 is 0. The van der Waals surface area contributed by atoms with Crippen molar-refractivity contribution in [3.63, 3.8) is 0 Å². The van der Waals surface area contributed by atoms with Crippen LogP contribution in [-0.2, 0) is 11.2 Å². The van der Waals surface area contributed by atoms with Gasteiger partial charge in [0.25, 0.3) is 0 Å². The molecular formula is C8H7FN2O. The number of halogens is 1. The number of anilines is 1. The van der Waals surface area contributed by atoms with E-state index in [0.29, 0.717) is 11.4 Å². The summed E-state index contributed by atoms with van der Waals surface area (Å²) < 4.78 is 13.0. The Hall–Kier alpha value is -1.45. The van der Waals surface area contributed by atoms with Crippen molar-refractivity contribution in [3.05, 3.63) is 23.6 Å². The molecule has 0 saturated heterocycles. The molecule has 0 spiro atoms. The van der Waals surface area contributed by atoms with Crippen LogP contribution in [0.25, 0.3) is 0 Å². The summed E-state index contributed by atoms with van der Waals surface area (Å²) in [5, 5.41) is 0. The number of carbonyl (C=O) groups is 1. The molecule has 0 atom stereocenters. The first-order valence-electron chi connectivity index (χ1n) is 3.60. The number of carbonyl (C=O) groups excluding carboxylic acids is 1. The van der Waals surface area contributed by atoms with Crippen LogP contribution in [0, 0.1) is 5.82 Å². The molecular weight excluding hydrogens is 159 g/mol. The number of nitrogens with zero attached hydrogens (tertiary/aromatic N) is 2. The van der Waals surface area contributed by atoms with E-state index in [2.05, 4.69) is 4.98 Å². The Balaban J connectivity index is 2.60. The van der Waals surface area contributed by atoms with Gasteiger partial charge in [0.05, 0.1) is 6.42 Å². The number of fused-ring (bicyclic) bond motifs is 1. The second-order valence-corrected chi connectivity index (χ2v) is 2.72. The predicted molar refractivity (Wildman–Crippen MR) is 41.3 cm³/mol. The number of pyridine rings is 1. The molecule has 0 unspecified atom stereocenters. The van der Waals surface area contributed by atoms with Crippen LogP contribution in [0.3, 0.4) is 0 Å². The van der Waals surface area contributed by atoms with Crippen molar-refractivity contribution < 1.29 is 9.18 Å². The van der Waals surface area contributed by atoms with Gasteiger partial charge < -0.3 is 0 Å². The summed E-state index contributed by atoms with van der Waals surface area (Å²) in [4.78, 5) is 16.4. The number of hydrogen-bond acceptors (Lipinski definition) is 2. The lowest BCUT2D eigenvalue weighted by Crippen LogP contribution is -2.21. The van der Waals surface area contributed by atoms with Crippen LogP contribution >= 0.6 is 0 Å². The van der Waals surface area contributed by atoms with Gasteiger partial charge in [0, 0.05) is 18.8 Å². The number of likely N-dealkylation sites (N-methyl/N-ethyl adjacent to an activating group) is 1. The molecule has 0 N–H and O–H groups in total. The number of hydrogen-bond donors (Lipinski definition) is 0. The van der Waals surface area contributed by atoms with E-state index < -0.39 is 0 Å². The summed E-state index contributed by atoms with van der Waals surface area (Å²) in [6, 6.07) is 1.27. The fourth-order valence-electron chi connectivity index (χ4n) is 1.30. The minimum absolute atomic E-state index is 0.109. The van der Waals surface area contributed by atoms with Crippen molar-refractivity contribution >= 4 is 11.7 Å². The third kappa shape index (κ3) is 0.809. The van der Waals surface area contributed by atoms with E-state index in [1.54, 1.807) is 7.05 Å². The van der Waals surface area contributed by atoms with Gasteiger partial charge in [-0.05, 0) is 6.07 Å². The van der Waals surface area contributed by atoms with Crippen LogP contribution in [0.2, 0.25) is 0 Å². The van der Waals surface area contributed by atoms with Crippen LogP contribution in [0.15, 0.2) is 12.3 Å². The van der Waals surface area contributed by atoms with E-state index in [9.17, 15) is 9.18 Å². The maximum absolute atomic E-state index is 13.0. The van der Waals surface area contributed by atoms with Crippen LogP contribution in [0.4, 0.5) is 10.2 Å². The average Bonchev–Trinajstić information content (AvgIpc) is 2.32. The SMILES string of the molecule is CN1C(=O)Cc2c(F)ccnc21. The summed E-state index contributed by atoms with van der Waals surface area (Å²) in [6.45, 7) is 0. The maximum atomic E-state index is 13.0. The number of amides is 1. The van der Waals surface area contributed by atoms with E-state index in [-0.39, 0.29) is 18.1 Å². The van der Waals surface area contributed by atoms with Crippen molar-refractivity contribution in [3.8, 4) is 0 Å². The Bertz CT molecular complexity index is 351. The number of aromatic nitrogens is 1. The lowest BCUT2D eigenvalue weighted by atomic mass is 10.2. The number of rotatable bonds is 0. The zero-order valence-electron chi connectivity index (χ0n) is 6.54. The molecule has 3 nitrogen and oxygen atoms in total. The molecule has 4 heteroatoms. The van der Waals surface area contributed by atoms with Crippen LogP contribution in [0.5, 0.6) is 0 Å². The standard InChI is InChI=1S/C8H7FN2O/c1-11-7(12)4-5-6(9)2-3-10-8(5)11/h2-3H,4H2,1H3. The Morgan fingerprint density at radius 1 is 1.67 bits per heavy atom. The van der Waals surface area contributed by atoms with Crippen LogP contribution in [0.1, 0.15) is 5.56 Å². The summed E-state index contributed by atoms with van der Waals surface area (Å²) in [5.41, 5.74) is 0.407. The highest BCUT2D eigenvalue weighted by Crippen LogP contribution is 2.26. The Morgan fingerprint density at radius 2 is 2.42 bits per heavy atom. The third-order valence-electron chi connectivity index (χ3n) is 2.00. The van der Waals surface area contributed by atoms with E-state index in [1.165, 1.54) is 17.2 Å². The fourth-order valence-corrected chi connectivity index (χ4v) is 1.30. The van der Waals surface area contributed by atoms with Crippen molar-refractivity contribution in [1.29, 1.82) is 0 Å². The first-order chi connectivity index (χ1) is 5.70. The highest BCUT2D eigenvalue weighted by molar-refractivity contribution is 5.99. The maximum Gasteiger partial charge on any atom is 0.232 e. The molecule has 0 saturated carbocycles. The monoisotopic (exact) mass is 166 g/mol. The van der Waals surface area contributed by atoms with Crippen molar-refractivity contribution in [2.24, 2.45) is 0 Å². The van der Waals surface area contributed by atoms with Gasteiger partial charge in [-0.1, -0.05) is 0 Å². The molecule has 1 aromatic heterocycles. The lowest BCUT2D eigenvalue weighted by Gasteiger charge is -2.07. The minimum atomic E-state index is -0.349. The van der Waals surface area contributed by atoms with Crippen molar-refractivity contribution in [2.75, 3.05) is 11.9 Å². The molecule has 2 heterocycles. The largest absolute Gasteiger partial charge is 0.299 e. The first-order valence-corrected chi connectivity index (χ1v) is 3.60. The fraction of sp³-hybridized carbons (Fsp3) is 0.250. The van der Waals surface area contributed by atoms with Crippen molar-refractivity contribution in [2.45, 2.75) is 6.42 Å². The van der Waals surface area contributed by atoms with E-state index in [0.717, 1.165) is 0 Å². The third-order valence-corrected chi connectivity index (χ3v) is 2.00. The van der Waals surface area contributed by atoms with E-state index in [1.807, 2.05) is 0 Å². The molecule has 1 aliphatic rings. The molecule has 0 bridgehead atoms. The molecule has 2 rings (SSSR count). The molecule has 0 fully saturated rings. The molecule has 1 aliphatic heterocycles. The Morgan fingerprint density at radius 3 is 3.08 bits per heavy atom. The predicted octanol–water partition coefficient (Wildman–Crippen LogP) is 0.740. The zero-order chi connectivity index (χ0) is 8.72. The highest BCUT2D eigenvalue weighted by atomic mass is 19.1. The zero-order valence-corrected chi connectivity index (χ0v) is 6.54. The normalized spacial score (nSPS) is 15.2. The van der Waals surface area contributed by atoms with Gasteiger partial charge in [-0.3, -0.25) is 9.69 Å². The van der Waals surface area contributed by atoms with Gasteiger partial charge in [0.15, 0.2) is 0 Å². The highest BCUT2D eigenvalue weighted by Gasteiger charge is 2.27. The van der Waals surface area contributed by atoms with Gasteiger partial charge >= 0.3 is 0 Å². The molecule has 0 aromatic carbocycles. The van der Waals surface area contributed by atoms with Crippen molar-refractivity contribution in [1.82, 2.24) is 4.98 Å². The summed E-state index contributed by atoms with van der Waals surface area (Å²) in [5.74, 6) is -0.0136. The van der Waals surface area contributed by atoms with Gasteiger partial charge in [-0.2, -0.15) is 0 Å². The Labute approximate surface area is 68.8 Å². The van der Waals surface area contributed by atoms with Gasteiger partial charge in [-0.25, -0.2) is 9.37 Å². The van der Waals surface area contributed by atoms with Gasteiger partial charge in [0.2, 0.25) is 5.91 Å². The van der Waals surface area contributed by atoms with E-state index >= 15 is 0 Å². The van der Waals surface area contributed by atoms with Crippen LogP contribution in [-0.4, -0.2) is 17.9 Å². The van der Waals surface area contributed by atoms with Gasteiger partial charge in [0.1, 0.15) is 11.6 Å².